The average molecular weight is 280 g/mol. The molecule has 0 saturated carbocycles. The van der Waals surface area contributed by atoms with E-state index in [0.717, 1.165) is 0 Å². The van der Waals surface area contributed by atoms with Crippen molar-refractivity contribution in [3.8, 4) is 0 Å². The topological polar surface area (TPSA) is 101 Å². The first kappa shape index (κ1) is 15.6. The summed E-state index contributed by atoms with van der Waals surface area (Å²) < 4.78 is 0. The molecule has 0 heterocycles. The highest BCUT2D eigenvalue weighted by molar-refractivity contribution is 5.84. The molecule has 1 rings (SSSR count). The fourth-order valence-electron chi connectivity index (χ4n) is 1.81. The Morgan fingerprint density at radius 3 is 2.45 bits per heavy atom. The summed E-state index contributed by atoms with van der Waals surface area (Å²) in [6, 6.07) is 5.65. The van der Waals surface area contributed by atoms with Gasteiger partial charge in [0.05, 0.1) is 11.3 Å². The van der Waals surface area contributed by atoms with E-state index in [0.29, 0.717) is 0 Å². The lowest BCUT2D eigenvalue weighted by Crippen LogP contribution is -2.41. The van der Waals surface area contributed by atoms with Crippen LogP contribution in [0, 0.1) is 10.1 Å². The van der Waals surface area contributed by atoms with Crippen LogP contribution in [0.1, 0.15) is 19.4 Å². The fourth-order valence-corrected chi connectivity index (χ4v) is 1.81. The van der Waals surface area contributed by atoms with Gasteiger partial charge < -0.3 is 10.0 Å². The minimum absolute atomic E-state index is 0.139. The number of hydrogen-bond donors (Lipinski definition) is 1. The predicted molar refractivity (Wildman–Crippen MR) is 71.3 cm³/mol. The summed E-state index contributed by atoms with van der Waals surface area (Å²) in [5, 5.41) is 19.7. The van der Waals surface area contributed by atoms with Crippen LogP contribution >= 0.6 is 0 Å². The largest absolute Gasteiger partial charge is 0.480 e. The van der Waals surface area contributed by atoms with E-state index in [1.54, 1.807) is 19.9 Å². The lowest BCUT2D eigenvalue weighted by Gasteiger charge is -2.24. The predicted octanol–water partition coefficient (Wildman–Crippen LogP) is 1.46. The fraction of sp³-hybridized carbons (Fsp3) is 0.385. The summed E-state index contributed by atoms with van der Waals surface area (Å²) >= 11 is 0. The highest BCUT2D eigenvalue weighted by Crippen LogP contribution is 2.19. The van der Waals surface area contributed by atoms with Gasteiger partial charge in [0.2, 0.25) is 5.91 Å². The molecule has 0 aromatic heterocycles. The van der Waals surface area contributed by atoms with Crippen LogP contribution < -0.4 is 0 Å². The van der Waals surface area contributed by atoms with Crippen molar-refractivity contribution in [3.63, 3.8) is 0 Å². The maximum absolute atomic E-state index is 12.1. The van der Waals surface area contributed by atoms with Gasteiger partial charge in [0, 0.05) is 17.7 Å². The van der Waals surface area contributed by atoms with E-state index in [1.807, 2.05) is 0 Å². The van der Waals surface area contributed by atoms with Crippen molar-refractivity contribution in [2.45, 2.75) is 26.3 Å². The molecule has 1 amide bonds. The number of nitro benzene ring substituents is 1. The number of carboxylic acids is 1. The lowest BCUT2D eigenvalue weighted by molar-refractivity contribution is -0.385. The van der Waals surface area contributed by atoms with Crippen molar-refractivity contribution in [1.29, 1.82) is 0 Å². The molecule has 0 radical (unpaired) electrons. The van der Waals surface area contributed by atoms with Gasteiger partial charge in [-0.15, -0.1) is 0 Å². The molecule has 0 fully saturated rings. The summed E-state index contributed by atoms with van der Waals surface area (Å²) in [5.74, 6) is -1.56. The quantitative estimate of drug-likeness (QED) is 0.628. The average Bonchev–Trinajstić information content (AvgIpc) is 2.35. The molecule has 0 spiro atoms. The number of carboxylic acid groups (broad SMARTS) is 1. The van der Waals surface area contributed by atoms with Gasteiger partial charge in [0.25, 0.3) is 5.69 Å². The third-order valence-corrected chi connectivity index (χ3v) is 2.78. The van der Waals surface area contributed by atoms with E-state index in [4.69, 9.17) is 5.11 Å². The molecule has 1 aromatic carbocycles. The van der Waals surface area contributed by atoms with Crippen LogP contribution in [0.4, 0.5) is 5.69 Å². The van der Waals surface area contributed by atoms with Crippen molar-refractivity contribution in [2.75, 3.05) is 6.54 Å². The minimum atomic E-state index is -1.12. The monoisotopic (exact) mass is 280 g/mol. The molecule has 0 aliphatic carbocycles. The number of para-hydroxylation sites is 1. The van der Waals surface area contributed by atoms with Crippen molar-refractivity contribution >= 4 is 17.6 Å². The smallest absolute Gasteiger partial charge is 0.323 e. The number of aliphatic carboxylic acids is 1. The number of rotatable bonds is 6. The Morgan fingerprint density at radius 1 is 1.35 bits per heavy atom. The first-order valence-corrected chi connectivity index (χ1v) is 6.06. The molecule has 0 atom stereocenters. The molecular formula is C13H16N2O5. The lowest BCUT2D eigenvalue weighted by atomic mass is 10.1. The van der Waals surface area contributed by atoms with E-state index >= 15 is 0 Å². The molecule has 20 heavy (non-hydrogen) atoms. The summed E-state index contributed by atoms with van der Waals surface area (Å²) in [6.07, 6.45) is -0.192. The number of hydrogen-bond acceptors (Lipinski definition) is 4. The van der Waals surface area contributed by atoms with Gasteiger partial charge >= 0.3 is 5.97 Å². The molecule has 108 valence electrons. The highest BCUT2D eigenvalue weighted by atomic mass is 16.6. The Bertz CT molecular complexity index is 527. The first-order valence-electron chi connectivity index (χ1n) is 6.06. The number of amides is 1. The van der Waals surface area contributed by atoms with E-state index in [-0.39, 0.29) is 23.7 Å². The summed E-state index contributed by atoms with van der Waals surface area (Å²) in [7, 11) is 0. The van der Waals surface area contributed by atoms with E-state index < -0.39 is 23.3 Å². The minimum Gasteiger partial charge on any atom is -0.480 e. The number of nitro groups is 1. The molecule has 1 N–H and O–H groups in total. The van der Waals surface area contributed by atoms with Gasteiger partial charge in [-0.25, -0.2) is 0 Å². The van der Waals surface area contributed by atoms with Gasteiger partial charge in [-0.3, -0.25) is 19.7 Å². The van der Waals surface area contributed by atoms with Gasteiger partial charge in [0.1, 0.15) is 6.54 Å². The third-order valence-electron chi connectivity index (χ3n) is 2.78. The SMILES string of the molecule is CC(C)N(CC(=O)O)C(=O)Cc1ccccc1[N+](=O)[O-]. The zero-order valence-corrected chi connectivity index (χ0v) is 11.3. The Morgan fingerprint density at radius 2 is 1.95 bits per heavy atom. The van der Waals surface area contributed by atoms with E-state index in [1.165, 1.54) is 23.1 Å². The molecule has 0 aliphatic heterocycles. The summed E-state index contributed by atoms with van der Waals surface area (Å²) in [5.41, 5.74) is 0.137. The van der Waals surface area contributed by atoms with Crippen LogP contribution in [0.2, 0.25) is 0 Å². The second-order valence-corrected chi connectivity index (χ2v) is 4.57. The second-order valence-electron chi connectivity index (χ2n) is 4.57. The van der Waals surface area contributed by atoms with Crippen molar-refractivity contribution < 1.29 is 19.6 Å². The molecule has 0 saturated heterocycles. The van der Waals surface area contributed by atoms with Crippen LogP contribution in [0.5, 0.6) is 0 Å². The molecule has 1 aromatic rings. The number of benzene rings is 1. The van der Waals surface area contributed by atoms with Crippen molar-refractivity contribution in [3.05, 3.63) is 39.9 Å². The molecular weight excluding hydrogens is 264 g/mol. The van der Waals surface area contributed by atoms with Crippen molar-refractivity contribution in [1.82, 2.24) is 4.90 Å². The Hall–Kier alpha value is -2.44. The molecule has 0 bridgehead atoms. The molecule has 0 unspecified atom stereocenters. The van der Waals surface area contributed by atoms with Crippen molar-refractivity contribution in [2.24, 2.45) is 0 Å². The number of carbonyl (C=O) groups excluding carboxylic acids is 1. The molecule has 7 heteroatoms. The maximum Gasteiger partial charge on any atom is 0.323 e. The van der Waals surface area contributed by atoms with E-state index in [2.05, 4.69) is 0 Å². The third kappa shape index (κ3) is 4.04. The van der Waals surface area contributed by atoms with E-state index in [9.17, 15) is 19.7 Å². The molecule has 7 nitrogen and oxygen atoms in total. The normalized spacial score (nSPS) is 10.3. The van der Waals surface area contributed by atoms with Gasteiger partial charge in [0.15, 0.2) is 0 Å². The Balaban J connectivity index is 2.94. The summed E-state index contributed by atoms with van der Waals surface area (Å²) in [6.45, 7) is 2.97. The Kier molecular flexibility index (Phi) is 5.19. The standard InChI is InChI=1S/C13H16N2O5/c1-9(2)14(8-13(17)18)12(16)7-10-5-3-4-6-11(10)15(19)20/h3-6,9H,7-8H2,1-2H3,(H,17,18). The Labute approximate surface area is 116 Å². The highest BCUT2D eigenvalue weighted by Gasteiger charge is 2.23. The van der Waals surface area contributed by atoms with Crippen LogP contribution in [0.25, 0.3) is 0 Å². The zero-order chi connectivity index (χ0) is 15.3. The second kappa shape index (κ2) is 6.65. The number of nitrogens with zero attached hydrogens (tertiary/aromatic N) is 2. The van der Waals surface area contributed by atoms with Crippen LogP contribution in [0.15, 0.2) is 24.3 Å². The maximum atomic E-state index is 12.1. The first-order chi connectivity index (χ1) is 9.32. The summed E-state index contributed by atoms with van der Waals surface area (Å²) in [4.78, 5) is 34.3. The van der Waals surface area contributed by atoms with Crippen LogP contribution in [-0.2, 0) is 16.0 Å². The number of carbonyl (C=O) groups is 2. The molecule has 0 aliphatic rings. The van der Waals surface area contributed by atoms with Gasteiger partial charge in [-0.1, -0.05) is 18.2 Å². The van der Waals surface area contributed by atoms with Crippen LogP contribution in [0.3, 0.4) is 0 Å². The van der Waals surface area contributed by atoms with Crippen LogP contribution in [-0.4, -0.2) is 39.4 Å². The van der Waals surface area contributed by atoms with Gasteiger partial charge in [-0.2, -0.15) is 0 Å². The zero-order valence-electron chi connectivity index (χ0n) is 11.3. The van der Waals surface area contributed by atoms with Gasteiger partial charge in [-0.05, 0) is 13.8 Å².